The van der Waals surface area contributed by atoms with Gasteiger partial charge in [0.2, 0.25) is 0 Å². The Morgan fingerprint density at radius 2 is 1.88 bits per heavy atom. The summed E-state index contributed by atoms with van der Waals surface area (Å²) in [5.41, 5.74) is 0.952. The molecule has 0 aliphatic rings. The summed E-state index contributed by atoms with van der Waals surface area (Å²) in [5.74, 6) is 0.606. The molecule has 0 fully saturated rings. The van der Waals surface area contributed by atoms with Crippen LogP contribution >= 0.6 is 23.2 Å². The lowest BCUT2D eigenvalue weighted by atomic mass is 9.95. The molecule has 1 unspecified atom stereocenters. The van der Waals surface area contributed by atoms with Gasteiger partial charge in [-0.05, 0) is 36.5 Å². The maximum absolute atomic E-state index is 11.5. The highest BCUT2D eigenvalue weighted by atomic mass is 35.5. The van der Waals surface area contributed by atoms with Crippen LogP contribution < -0.4 is 0 Å². The summed E-state index contributed by atoms with van der Waals surface area (Å²) in [6.07, 6.45) is 2.95. The lowest BCUT2D eigenvalue weighted by Crippen LogP contribution is -2.08. The van der Waals surface area contributed by atoms with Crippen LogP contribution in [0.3, 0.4) is 0 Å². The van der Waals surface area contributed by atoms with Gasteiger partial charge in [0.25, 0.3) is 0 Å². The predicted molar refractivity (Wildman–Crippen MR) is 73.9 cm³/mol. The van der Waals surface area contributed by atoms with Crippen LogP contribution in [0.2, 0.25) is 10.0 Å². The second-order valence-electron chi connectivity index (χ2n) is 4.50. The van der Waals surface area contributed by atoms with Crippen molar-refractivity contribution in [1.82, 2.24) is 0 Å². The number of benzene rings is 1. The van der Waals surface area contributed by atoms with Gasteiger partial charge in [0.1, 0.15) is 5.78 Å². The van der Waals surface area contributed by atoms with E-state index in [2.05, 4.69) is 6.92 Å². The Hall–Kier alpha value is -0.530. The van der Waals surface area contributed by atoms with E-state index < -0.39 is 0 Å². The van der Waals surface area contributed by atoms with Crippen molar-refractivity contribution in [3.63, 3.8) is 0 Å². The van der Waals surface area contributed by atoms with Gasteiger partial charge in [-0.1, -0.05) is 43.1 Å². The lowest BCUT2D eigenvalue weighted by molar-refractivity contribution is -0.119. The first kappa shape index (κ1) is 14.5. The van der Waals surface area contributed by atoms with Gasteiger partial charge in [-0.25, -0.2) is 0 Å². The molecule has 0 aliphatic heterocycles. The smallest absolute Gasteiger partial charge is 0.133 e. The van der Waals surface area contributed by atoms with Gasteiger partial charge in [0.15, 0.2) is 0 Å². The Morgan fingerprint density at radius 1 is 1.29 bits per heavy atom. The molecule has 1 aromatic carbocycles. The Morgan fingerprint density at radius 3 is 2.41 bits per heavy atom. The first-order valence-electron chi connectivity index (χ1n) is 5.99. The van der Waals surface area contributed by atoms with Crippen molar-refractivity contribution in [2.24, 2.45) is 5.92 Å². The van der Waals surface area contributed by atoms with Gasteiger partial charge in [0.05, 0.1) is 0 Å². The Balaban J connectivity index is 2.62. The van der Waals surface area contributed by atoms with Crippen molar-refractivity contribution in [2.45, 2.75) is 39.5 Å². The Labute approximate surface area is 113 Å². The normalized spacial score (nSPS) is 12.5. The molecule has 1 nitrogen and oxygen atoms in total. The molecule has 0 spiro atoms. The van der Waals surface area contributed by atoms with Crippen molar-refractivity contribution in [1.29, 1.82) is 0 Å². The molecule has 1 atom stereocenters. The van der Waals surface area contributed by atoms with Crippen LogP contribution in [-0.2, 0) is 11.2 Å². The van der Waals surface area contributed by atoms with Gasteiger partial charge in [-0.3, -0.25) is 4.79 Å². The van der Waals surface area contributed by atoms with Crippen LogP contribution in [0.4, 0.5) is 0 Å². The molecule has 0 amide bonds. The molecule has 94 valence electrons. The van der Waals surface area contributed by atoms with E-state index in [1.165, 1.54) is 0 Å². The van der Waals surface area contributed by atoms with E-state index in [1.807, 2.05) is 25.1 Å². The van der Waals surface area contributed by atoms with Crippen molar-refractivity contribution >= 4 is 29.0 Å². The average Bonchev–Trinajstić information content (AvgIpc) is 2.24. The topological polar surface area (TPSA) is 17.1 Å². The molecule has 0 radical (unpaired) electrons. The number of ketones is 1. The molecule has 0 aromatic heterocycles. The molecule has 0 aliphatic carbocycles. The molecule has 0 heterocycles. The number of Topliss-reactive ketones (excluding diaryl/α,β-unsaturated/α-hetero) is 1. The van der Waals surface area contributed by atoms with Gasteiger partial charge in [-0.2, -0.15) is 0 Å². The van der Waals surface area contributed by atoms with Gasteiger partial charge < -0.3 is 0 Å². The number of hydrogen-bond acceptors (Lipinski definition) is 1. The Kier molecular flexibility index (Phi) is 6.01. The van der Waals surface area contributed by atoms with E-state index in [1.54, 1.807) is 0 Å². The molecule has 0 bridgehead atoms. The molecule has 0 saturated carbocycles. The number of rotatable bonds is 6. The van der Waals surface area contributed by atoms with Gasteiger partial charge >= 0.3 is 0 Å². The molecule has 0 N–H and O–H groups in total. The van der Waals surface area contributed by atoms with E-state index in [0.717, 1.165) is 18.4 Å². The second-order valence-corrected chi connectivity index (χ2v) is 5.32. The first-order valence-corrected chi connectivity index (χ1v) is 6.74. The third kappa shape index (κ3) is 4.69. The largest absolute Gasteiger partial charge is 0.300 e. The van der Waals surface area contributed by atoms with Crippen molar-refractivity contribution < 1.29 is 4.79 Å². The molecule has 1 rings (SSSR count). The van der Waals surface area contributed by atoms with Gasteiger partial charge in [0, 0.05) is 22.9 Å². The summed E-state index contributed by atoms with van der Waals surface area (Å²) in [6.45, 7) is 4.08. The minimum Gasteiger partial charge on any atom is -0.300 e. The third-order valence-electron chi connectivity index (χ3n) is 2.72. The zero-order valence-corrected chi connectivity index (χ0v) is 11.8. The highest BCUT2D eigenvalue weighted by Gasteiger charge is 2.13. The summed E-state index contributed by atoms with van der Waals surface area (Å²) >= 11 is 12.2. The number of carbonyl (C=O) groups is 1. The quantitative estimate of drug-likeness (QED) is 0.718. The third-order valence-corrected chi connectivity index (χ3v) is 3.43. The van der Waals surface area contributed by atoms with Crippen LogP contribution in [0, 0.1) is 5.92 Å². The van der Waals surface area contributed by atoms with E-state index in [4.69, 9.17) is 23.2 Å². The molecule has 0 saturated heterocycles. The van der Waals surface area contributed by atoms with E-state index >= 15 is 0 Å². The molecule has 1 aromatic rings. The summed E-state index contributed by atoms with van der Waals surface area (Å²) in [7, 11) is 0. The van der Waals surface area contributed by atoms with E-state index in [-0.39, 0.29) is 5.92 Å². The minimum atomic E-state index is 0.284. The molecule has 17 heavy (non-hydrogen) atoms. The fraction of sp³-hybridized carbons (Fsp3) is 0.500. The molecule has 3 heteroatoms. The zero-order valence-electron chi connectivity index (χ0n) is 10.3. The van der Waals surface area contributed by atoms with Gasteiger partial charge in [-0.15, -0.1) is 0 Å². The SMILES string of the molecule is CCCC(=O)CC(C)Cc1c(Cl)cccc1Cl. The maximum Gasteiger partial charge on any atom is 0.133 e. The molecular formula is C14H18Cl2O. The highest BCUT2D eigenvalue weighted by molar-refractivity contribution is 6.35. The zero-order chi connectivity index (χ0) is 12.8. The number of hydrogen-bond donors (Lipinski definition) is 0. The summed E-state index contributed by atoms with van der Waals surface area (Å²) in [6, 6.07) is 5.51. The standard InChI is InChI=1S/C14H18Cl2O/c1-3-5-11(17)8-10(2)9-12-13(15)6-4-7-14(12)16/h4,6-7,10H,3,5,8-9H2,1-2H3. The van der Waals surface area contributed by atoms with E-state index in [0.29, 0.717) is 28.7 Å². The van der Waals surface area contributed by atoms with Crippen molar-refractivity contribution in [2.75, 3.05) is 0 Å². The lowest BCUT2D eigenvalue weighted by Gasteiger charge is -2.13. The van der Waals surface area contributed by atoms with Crippen LogP contribution in [0.25, 0.3) is 0 Å². The number of carbonyl (C=O) groups excluding carboxylic acids is 1. The van der Waals surface area contributed by atoms with Crippen LogP contribution in [0.1, 0.15) is 38.7 Å². The van der Waals surface area contributed by atoms with Crippen LogP contribution in [0.5, 0.6) is 0 Å². The number of halogens is 2. The Bertz CT molecular complexity index is 368. The summed E-state index contributed by atoms with van der Waals surface area (Å²) in [5, 5.41) is 1.37. The first-order chi connectivity index (χ1) is 8.04. The van der Waals surface area contributed by atoms with Crippen molar-refractivity contribution in [3.05, 3.63) is 33.8 Å². The maximum atomic E-state index is 11.5. The predicted octanol–water partition coefficient (Wildman–Crippen LogP) is 4.93. The van der Waals surface area contributed by atoms with Crippen molar-refractivity contribution in [3.8, 4) is 0 Å². The fourth-order valence-electron chi connectivity index (χ4n) is 1.92. The minimum absolute atomic E-state index is 0.284. The second kappa shape index (κ2) is 7.03. The summed E-state index contributed by atoms with van der Waals surface area (Å²) in [4.78, 5) is 11.5. The highest BCUT2D eigenvalue weighted by Crippen LogP contribution is 2.27. The average molecular weight is 273 g/mol. The van der Waals surface area contributed by atoms with E-state index in [9.17, 15) is 4.79 Å². The van der Waals surface area contributed by atoms with Crippen LogP contribution in [0.15, 0.2) is 18.2 Å². The molecular weight excluding hydrogens is 255 g/mol. The summed E-state index contributed by atoms with van der Waals surface area (Å²) < 4.78 is 0. The fourth-order valence-corrected chi connectivity index (χ4v) is 2.47. The van der Waals surface area contributed by atoms with Crippen LogP contribution in [-0.4, -0.2) is 5.78 Å². The monoisotopic (exact) mass is 272 g/mol.